The van der Waals surface area contributed by atoms with E-state index < -0.39 is 0 Å². The SMILES string of the molecule is C=CCOc1cc(O)c(C=NO)c(Cl)c1. The Morgan fingerprint density at radius 3 is 2.80 bits per heavy atom. The van der Waals surface area contributed by atoms with Crippen molar-refractivity contribution in [3.8, 4) is 11.5 Å². The van der Waals surface area contributed by atoms with Crippen LogP contribution in [0.1, 0.15) is 5.56 Å². The molecule has 0 fully saturated rings. The van der Waals surface area contributed by atoms with Gasteiger partial charge in [0.25, 0.3) is 0 Å². The van der Waals surface area contributed by atoms with Crippen molar-refractivity contribution < 1.29 is 15.1 Å². The molecule has 1 aromatic carbocycles. The number of nitrogens with zero attached hydrogens (tertiary/aromatic N) is 1. The number of phenols is 1. The second-order valence-electron chi connectivity index (χ2n) is 2.68. The molecule has 0 saturated heterocycles. The monoisotopic (exact) mass is 227 g/mol. The maximum atomic E-state index is 9.51. The highest BCUT2D eigenvalue weighted by Crippen LogP contribution is 2.30. The van der Waals surface area contributed by atoms with Gasteiger partial charge in [0.2, 0.25) is 0 Å². The number of benzene rings is 1. The van der Waals surface area contributed by atoms with Crippen LogP contribution in [0.4, 0.5) is 0 Å². The molecule has 0 aliphatic carbocycles. The standard InChI is InChI=1S/C10H10ClNO3/c1-2-3-15-7-4-9(11)8(6-12-14)10(13)5-7/h2,4-6,13-14H,1,3H2. The molecule has 0 saturated carbocycles. The third-order valence-corrected chi connectivity index (χ3v) is 1.95. The first-order valence-corrected chi connectivity index (χ1v) is 4.50. The summed E-state index contributed by atoms with van der Waals surface area (Å²) in [5, 5.41) is 20.9. The van der Waals surface area contributed by atoms with Crippen molar-refractivity contribution in [1.29, 1.82) is 0 Å². The lowest BCUT2D eigenvalue weighted by Gasteiger charge is -2.07. The second kappa shape index (κ2) is 5.26. The second-order valence-corrected chi connectivity index (χ2v) is 3.09. The van der Waals surface area contributed by atoms with Gasteiger partial charge in [-0.15, -0.1) is 0 Å². The van der Waals surface area contributed by atoms with E-state index in [1.165, 1.54) is 12.1 Å². The average Bonchev–Trinajstić information content (AvgIpc) is 2.20. The lowest BCUT2D eigenvalue weighted by molar-refractivity contribution is 0.321. The van der Waals surface area contributed by atoms with Crippen LogP contribution in [-0.4, -0.2) is 23.1 Å². The summed E-state index contributed by atoms with van der Waals surface area (Å²) in [6.45, 7) is 3.82. The van der Waals surface area contributed by atoms with Crippen LogP contribution in [0.5, 0.6) is 11.5 Å². The Bertz CT molecular complexity index is 367. The van der Waals surface area contributed by atoms with Crippen LogP contribution in [0.25, 0.3) is 0 Å². The minimum atomic E-state index is -0.112. The molecule has 0 spiro atoms. The highest BCUT2D eigenvalue weighted by molar-refractivity contribution is 6.33. The molecular weight excluding hydrogens is 218 g/mol. The van der Waals surface area contributed by atoms with Gasteiger partial charge in [0.05, 0.1) is 16.8 Å². The van der Waals surface area contributed by atoms with Gasteiger partial charge in [0.1, 0.15) is 18.1 Å². The summed E-state index contributed by atoms with van der Waals surface area (Å²) in [6, 6.07) is 2.90. The van der Waals surface area contributed by atoms with E-state index in [0.717, 1.165) is 6.21 Å². The Hall–Kier alpha value is -1.68. The van der Waals surface area contributed by atoms with E-state index in [2.05, 4.69) is 11.7 Å². The fraction of sp³-hybridized carbons (Fsp3) is 0.100. The smallest absolute Gasteiger partial charge is 0.129 e. The topological polar surface area (TPSA) is 62.0 Å². The molecule has 4 nitrogen and oxygen atoms in total. The van der Waals surface area contributed by atoms with Crippen LogP contribution >= 0.6 is 11.6 Å². The number of oxime groups is 1. The largest absolute Gasteiger partial charge is 0.507 e. The van der Waals surface area contributed by atoms with E-state index in [1.54, 1.807) is 6.08 Å². The molecule has 0 bridgehead atoms. The number of halogens is 1. The van der Waals surface area contributed by atoms with Gasteiger partial charge >= 0.3 is 0 Å². The number of rotatable bonds is 4. The molecule has 0 aliphatic rings. The van der Waals surface area contributed by atoms with Gasteiger partial charge in [-0.2, -0.15) is 0 Å². The van der Waals surface area contributed by atoms with Crippen LogP contribution < -0.4 is 4.74 Å². The zero-order valence-corrected chi connectivity index (χ0v) is 8.61. The zero-order valence-electron chi connectivity index (χ0n) is 7.85. The van der Waals surface area contributed by atoms with E-state index >= 15 is 0 Å². The van der Waals surface area contributed by atoms with E-state index in [4.69, 9.17) is 21.5 Å². The van der Waals surface area contributed by atoms with Gasteiger partial charge in [-0.1, -0.05) is 29.4 Å². The Morgan fingerprint density at radius 1 is 1.53 bits per heavy atom. The number of aromatic hydroxyl groups is 1. The molecule has 5 heteroatoms. The first-order valence-electron chi connectivity index (χ1n) is 4.12. The average molecular weight is 228 g/mol. The third-order valence-electron chi connectivity index (χ3n) is 1.64. The zero-order chi connectivity index (χ0) is 11.3. The minimum Gasteiger partial charge on any atom is -0.507 e. The first-order chi connectivity index (χ1) is 7.19. The highest BCUT2D eigenvalue weighted by atomic mass is 35.5. The fourth-order valence-corrected chi connectivity index (χ4v) is 1.26. The summed E-state index contributed by atoms with van der Waals surface area (Å²) in [5.41, 5.74) is 0.241. The fourth-order valence-electron chi connectivity index (χ4n) is 1.00. The Kier molecular flexibility index (Phi) is 4.00. The summed E-state index contributed by atoms with van der Waals surface area (Å²) >= 11 is 5.82. The van der Waals surface area contributed by atoms with Gasteiger partial charge in [0, 0.05) is 6.07 Å². The number of hydrogen-bond donors (Lipinski definition) is 2. The molecule has 0 unspecified atom stereocenters. The maximum Gasteiger partial charge on any atom is 0.129 e. The minimum absolute atomic E-state index is 0.112. The quantitative estimate of drug-likeness (QED) is 0.359. The predicted molar refractivity (Wildman–Crippen MR) is 58.2 cm³/mol. The maximum absolute atomic E-state index is 9.51. The molecule has 0 amide bonds. The van der Waals surface area contributed by atoms with Gasteiger partial charge in [-0.3, -0.25) is 0 Å². The number of hydrogen-bond acceptors (Lipinski definition) is 4. The Balaban J connectivity index is 3.02. The molecule has 0 heterocycles. The van der Waals surface area contributed by atoms with E-state index in [0.29, 0.717) is 12.4 Å². The number of ether oxygens (including phenoxy) is 1. The number of phenolic OH excluding ortho intramolecular Hbond substituents is 1. The van der Waals surface area contributed by atoms with Crippen LogP contribution in [-0.2, 0) is 0 Å². The Morgan fingerprint density at radius 2 is 2.27 bits per heavy atom. The molecular formula is C10H10ClNO3. The van der Waals surface area contributed by atoms with Gasteiger partial charge in [-0.05, 0) is 6.07 Å². The Labute approximate surface area is 92.1 Å². The lowest BCUT2D eigenvalue weighted by atomic mass is 10.2. The van der Waals surface area contributed by atoms with Crippen molar-refractivity contribution in [3.63, 3.8) is 0 Å². The normalized spacial score (nSPS) is 10.5. The molecule has 0 aromatic heterocycles. The summed E-state index contributed by atoms with van der Waals surface area (Å²) in [4.78, 5) is 0. The summed E-state index contributed by atoms with van der Waals surface area (Å²) in [6.07, 6.45) is 2.63. The molecule has 1 rings (SSSR count). The molecule has 0 atom stereocenters. The van der Waals surface area contributed by atoms with Gasteiger partial charge < -0.3 is 15.1 Å². The highest BCUT2D eigenvalue weighted by Gasteiger charge is 2.07. The van der Waals surface area contributed by atoms with E-state index in [9.17, 15) is 5.11 Å². The third kappa shape index (κ3) is 2.89. The molecule has 80 valence electrons. The van der Waals surface area contributed by atoms with Gasteiger partial charge in [0.15, 0.2) is 0 Å². The van der Waals surface area contributed by atoms with Crippen molar-refractivity contribution in [2.24, 2.45) is 5.16 Å². The van der Waals surface area contributed by atoms with Gasteiger partial charge in [-0.25, -0.2) is 0 Å². The van der Waals surface area contributed by atoms with Crippen molar-refractivity contribution >= 4 is 17.8 Å². The first kappa shape index (κ1) is 11.4. The van der Waals surface area contributed by atoms with Crippen LogP contribution in [0, 0.1) is 0 Å². The van der Waals surface area contributed by atoms with Crippen molar-refractivity contribution in [3.05, 3.63) is 35.4 Å². The molecule has 1 aromatic rings. The van der Waals surface area contributed by atoms with Crippen LogP contribution in [0.15, 0.2) is 29.9 Å². The summed E-state index contributed by atoms with van der Waals surface area (Å²) in [5.74, 6) is 0.312. The lowest BCUT2D eigenvalue weighted by Crippen LogP contribution is -1.94. The van der Waals surface area contributed by atoms with Crippen molar-refractivity contribution in [1.82, 2.24) is 0 Å². The summed E-state index contributed by atoms with van der Waals surface area (Å²) in [7, 11) is 0. The molecule has 15 heavy (non-hydrogen) atoms. The van der Waals surface area contributed by atoms with E-state index in [-0.39, 0.29) is 16.3 Å². The molecule has 0 radical (unpaired) electrons. The molecule has 2 N–H and O–H groups in total. The van der Waals surface area contributed by atoms with Crippen molar-refractivity contribution in [2.45, 2.75) is 0 Å². The summed E-state index contributed by atoms with van der Waals surface area (Å²) < 4.78 is 5.18. The van der Waals surface area contributed by atoms with Crippen LogP contribution in [0.3, 0.4) is 0 Å². The van der Waals surface area contributed by atoms with Crippen molar-refractivity contribution in [2.75, 3.05) is 6.61 Å². The van der Waals surface area contributed by atoms with E-state index in [1.807, 2.05) is 0 Å². The molecule has 0 aliphatic heterocycles. The predicted octanol–water partition coefficient (Wildman–Crippen LogP) is 2.42. The van der Waals surface area contributed by atoms with Crippen LogP contribution in [0.2, 0.25) is 5.02 Å².